The zero-order valence-electron chi connectivity index (χ0n) is 12.6. The molecule has 1 aromatic carbocycles. The van der Waals surface area contributed by atoms with Crippen molar-refractivity contribution >= 4 is 6.08 Å². The number of aryl methyl sites for hydroxylation is 2. The van der Waals surface area contributed by atoms with Crippen LogP contribution >= 0.6 is 0 Å². The lowest BCUT2D eigenvalue weighted by Gasteiger charge is -2.15. The largest absolute Gasteiger partial charge is 0.390 e. The minimum Gasteiger partial charge on any atom is -0.390 e. The Morgan fingerprint density at radius 2 is 1.56 bits per heavy atom. The predicted octanol–water partition coefficient (Wildman–Crippen LogP) is 4.48. The van der Waals surface area contributed by atoms with Gasteiger partial charge in [0, 0.05) is 0 Å². The summed E-state index contributed by atoms with van der Waals surface area (Å²) in [5.41, 5.74) is 6.18. The Kier molecular flexibility index (Phi) is 4.75. The maximum atomic E-state index is 9.68. The molecule has 1 N–H and O–H groups in total. The van der Waals surface area contributed by atoms with Gasteiger partial charge in [-0.05, 0) is 82.2 Å². The van der Waals surface area contributed by atoms with Crippen LogP contribution in [0.15, 0.2) is 12.1 Å². The van der Waals surface area contributed by atoms with Crippen molar-refractivity contribution in [1.82, 2.24) is 0 Å². The summed E-state index contributed by atoms with van der Waals surface area (Å²) >= 11 is 0. The highest BCUT2D eigenvalue weighted by molar-refractivity contribution is 5.61. The number of hydrogen-bond donors (Lipinski definition) is 1. The van der Waals surface area contributed by atoms with Crippen molar-refractivity contribution in [2.45, 2.75) is 60.0 Å². The van der Waals surface area contributed by atoms with E-state index in [4.69, 9.17) is 0 Å². The third-order valence-corrected chi connectivity index (χ3v) is 3.63. The summed E-state index contributed by atoms with van der Waals surface area (Å²) in [5, 5.41) is 9.68. The SMILES string of the molecule is Cc1cc(C)c(C)c(/C=C/CCC(C)(C)O)c1C. The Labute approximate surface area is 112 Å². The lowest BCUT2D eigenvalue weighted by atomic mass is 9.93. The average molecular weight is 246 g/mol. The molecule has 100 valence electrons. The number of aliphatic hydroxyl groups is 1. The van der Waals surface area contributed by atoms with Crippen LogP contribution in [0, 0.1) is 27.7 Å². The fourth-order valence-electron chi connectivity index (χ4n) is 2.14. The molecule has 0 atom stereocenters. The first-order valence-corrected chi connectivity index (χ1v) is 6.68. The maximum absolute atomic E-state index is 9.68. The van der Waals surface area contributed by atoms with Crippen LogP contribution in [0.5, 0.6) is 0 Å². The van der Waals surface area contributed by atoms with Gasteiger partial charge in [0.15, 0.2) is 0 Å². The van der Waals surface area contributed by atoms with E-state index in [2.05, 4.69) is 45.9 Å². The summed E-state index contributed by atoms with van der Waals surface area (Å²) in [6, 6.07) is 2.25. The molecular weight excluding hydrogens is 220 g/mol. The van der Waals surface area contributed by atoms with E-state index >= 15 is 0 Å². The lowest BCUT2D eigenvalue weighted by molar-refractivity contribution is 0.0722. The monoisotopic (exact) mass is 246 g/mol. The lowest BCUT2D eigenvalue weighted by Crippen LogP contribution is -2.17. The quantitative estimate of drug-likeness (QED) is 0.830. The van der Waals surface area contributed by atoms with Gasteiger partial charge in [0.1, 0.15) is 0 Å². The first-order chi connectivity index (χ1) is 8.22. The highest BCUT2D eigenvalue weighted by atomic mass is 16.3. The minimum absolute atomic E-state index is 0.572. The van der Waals surface area contributed by atoms with Crippen molar-refractivity contribution < 1.29 is 5.11 Å². The van der Waals surface area contributed by atoms with E-state index in [1.165, 1.54) is 27.8 Å². The molecule has 0 aliphatic heterocycles. The number of rotatable bonds is 4. The van der Waals surface area contributed by atoms with Gasteiger partial charge in [-0.2, -0.15) is 0 Å². The number of allylic oxidation sites excluding steroid dienone is 1. The Morgan fingerprint density at radius 1 is 1.06 bits per heavy atom. The van der Waals surface area contributed by atoms with Gasteiger partial charge in [-0.25, -0.2) is 0 Å². The molecule has 0 aromatic heterocycles. The fourth-order valence-corrected chi connectivity index (χ4v) is 2.14. The van der Waals surface area contributed by atoms with E-state index in [0.717, 1.165) is 12.8 Å². The van der Waals surface area contributed by atoms with Crippen molar-refractivity contribution in [2.24, 2.45) is 0 Å². The second-order valence-electron chi connectivity index (χ2n) is 5.93. The van der Waals surface area contributed by atoms with Crippen molar-refractivity contribution in [3.8, 4) is 0 Å². The predicted molar refractivity (Wildman–Crippen MR) is 80.0 cm³/mol. The first-order valence-electron chi connectivity index (χ1n) is 6.68. The topological polar surface area (TPSA) is 20.2 Å². The molecule has 1 heteroatoms. The minimum atomic E-state index is -0.572. The van der Waals surface area contributed by atoms with E-state index in [9.17, 15) is 5.11 Å². The zero-order chi connectivity index (χ0) is 13.9. The molecule has 1 nitrogen and oxygen atoms in total. The molecular formula is C17H26O. The molecule has 18 heavy (non-hydrogen) atoms. The summed E-state index contributed by atoms with van der Waals surface area (Å²) in [6.45, 7) is 12.4. The Bertz CT molecular complexity index is 421. The van der Waals surface area contributed by atoms with Gasteiger partial charge >= 0.3 is 0 Å². The molecule has 0 heterocycles. The number of benzene rings is 1. The molecule has 0 saturated carbocycles. The summed E-state index contributed by atoms with van der Waals surface area (Å²) in [4.78, 5) is 0. The molecule has 1 aromatic rings. The maximum Gasteiger partial charge on any atom is 0.0594 e. The van der Waals surface area contributed by atoms with E-state index in [-0.39, 0.29) is 0 Å². The Morgan fingerprint density at radius 3 is 2.00 bits per heavy atom. The van der Waals surface area contributed by atoms with Gasteiger partial charge in [-0.1, -0.05) is 18.2 Å². The highest BCUT2D eigenvalue weighted by Gasteiger charge is 2.10. The molecule has 0 fully saturated rings. The summed E-state index contributed by atoms with van der Waals surface area (Å²) in [6.07, 6.45) is 6.09. The number of hydrogen-bond acceptors (Lipinski definition) is 1. The fraction of sp³-hybridized carbons (Fsp3) is 0.529. The van der Waals surface area contributed by atoms with Crippen LogP contribution in [-0.4, -0.2) is 10.7 Å². The van der Waals surface area contributed by atoms with E-state index in [0.29, 0.717) is 0 Å². The Balaban J connectivity index is 2.88. The van der Waals surface area contributed by atoms with Crippen LogP contribution in [0.4, 0.5) is 0 Å². The third-order valence-electron chi connectivity index (χ3n) is 3.63. The smallest absolute Gasteiger partial charge is 0.0594 e. The van der Waals surface area contributed by atoms with E-state index < -0.39 is 5.60 Å². The normalized spacial score (nSPS) is 12.4. The molecule has 0 aliphatic carbocycles. The molecule has 0 aliphatic rings. The van der Waals surface area contributed by atoms with Crippen LogP contribution in [0.25, 0.3) is 6.08 Å². The average Bonchev–Trinajstić information content (AvgIpc) is 2.24. The van der Waals surface area contributed by atoms with Crippen LogP contribution in [0.1, 0.15) is 54.5 Å². The molecule has 0 spiro atoms. The molecule has 0 bridgehead atoms. The van der Waals surface area contributed by atoms with Crippen LogP contribution in [0.2, 0.25) is 0 Å². The van der Waals surface area contributed by atoms with Crippen molar-refractivity contribution in [3.63, 3.8) is 0 Å². The van der Waals surface area contributed by atoms with Gasteiger partial charge in [-0.3, -0.25) is 0 Å². The van der Waals surface area contributed by atoms with E-state index in [1.807, 2.05) is 13.8 Å². The zero-order valence-corrected chi connectivity index (χ0v) is 12.6. The van der Waals surface area contributed by atoms with Gasteiger partial charge in [-0.15, -0.1) is 0 Å². The third kappa shape index (κ3) is 3.99. The summed E-state index contributed by atoms with van der Waals surface area (Å²) < 4.78 is 0. The highest BCUT2D eigenvalue weighted by Crippen LogP contribution is 2.23. The second-order valence-corrected chi connectivity index (χ2v) is 5.93. The van der Waals surface area contributed by atoms with Gasteiger partial charge in [0.05, 0.1) is 5.60 Å². The molecule has 0 saturated heterocycles. The van der Waals surface area contributed by atoms with E-state index in [1.54, 1.807) is 0 Å². The van der Waals surface area contributed by atoms with Crippen LogP contribution in [0.3, 0.4) is 0 Å². The van der Waals surface area contributed by atoms with Gasteiger partial charge < -0.3 is 5.11 Å². The second kappa shape index (κ2) is 5.71. The summed E-state index contributed by atoms with van der Waals surface area (Å²) in [5.74, 6) is 0. The van der Waals surface area contributed by atoms with Gasteiger partial charge in [0.25, 0.3) is 0 Å². The van der Waals surface area contributed by atoms with Crippen LogP contribution in [-0.2, 0) is 0 Å². The summed E-state index contributed by atoms with van der Waals surface area (Å²) in [7, 11) is 0. The standard InChI is InChI=1S/C17H26O/c1-12-11-13(2)15(4)16(14(12)3)9-7-8-10-17(5,6)18/h7,9,11,18H,8,10H2,1-6H3/b9-7+. The van der Waals surface area contributed by atoms with Crippen molar-refractivity contribution in [1.29, 1.82) is 0 Å². The molecule has 0 amide bonds. The van der Waals surface area contributed by atoms with Crippen molar-refractivity contribution in [3.05, 3.63) is 40.0 Å². The molecule has 1 rings (SSSR count). The van der Waals surface area contributed by atoms with Crippen LogP contribution < -0.4 is 0 Å². The Hall–Kier alpha value is -1.08. The molecule has 0 radical (unpaired) electrons. The first kappa shape index (κ1) is 15.0. The van der Waals surface area contributed by atoms with Gasteiger partial charge in [0.2, 0.25) is 0 Å². The molecule has 0 unspecified atom stereocenters. The van der Waals surface area contributed by atoms with Crippen molar-refractivity contribution in [2.75, 3.05) is 0 Å².